The van der Waals surface area contributed by atoms with Crippen LogP contribution >= 0.6 is 15.9 Å². The van der Waals surface area contributed by atoms with Crippen LogP contribution in [0.5, 0.6) is 0 Å². The molecule has 3 rings (SSSR count). The summed E-state index contributed by atoms with van der Waals surface area (Å²) in [6, 6.07) is 13.3. The minimum absolute atomic E-state index is 0.154. The van der Waals surface area contributed by atoms with Crippen LogP contribution in [0.1, 0.15) is 30.0 Å². The molecular formula is C21H20BrN3O4. The Morgan fingerprint density at radius 1 is 1.17 bits per heavy atom. The van der Waals surface area contributed by atoms with Gasteiger partial charge in [-0.2, -0.15) is 5.10 Å². The standard InChI is InChI=1S/C21H20BrN3O4/c1-13-4-3-5-16(12-13)25-18(26)11-10-17(24-25)20(27)23-19(21(28)29-2)14-6-8-15(22)9-7-14/h3-9,12,19H,10-11H2,1-2H3,(H,23,27). The lowest BCUT2D eigenvalue weighted by atomic mass is 10.1. The maximum atomic E-state index is 12.8. The first-order valence-corrected chi connectivity index (χ1v) is 9.79. The van der Waals surface area contributed by atoms with Gasteiger partial charge in [-0.25, -0.2) is 9.80 Å². The lowest BCUT2D eigenvalue weighted by Crippen LogP contribution is -2.42. The third kappa shape index (κ3) is 4.89. The second kappa shape index (κ2) is 9.00. The number of amides is 2. The Balaban J connectivity index is 1.85. The van der Waals surface area contributed by atoms with Crippen LogP contribution in [0.15, 0.2) is 58.1 Å². The Morgan fingerprint density at radius 2 is 1.90 bits per heavy atom. The topological polar surface area (TPSA) is 88.1 Å². The van der Waals surface area contributed by atoms with E-state index < -0.39 is 17.9 Å². The van der Waals surface area contributed by atoms with E-state index in [1.807, 2.05) is 25.1 Å². The molecule has 1 N–H and O–H groups in total. The first-order valence-electron chi connectivity index (χ1n) is 9.00. The molecule has 1 unspecified atom stereocenters. The molecule has 1 atom stereocenters. The highest BCUT2D eigenvalue weighted by atomic mass is 79.9. The maximum absolute atomic E-state index is 12.8. The Bertz CT molecular complexity index is 972. The zero-order valence-corrected chi connectivity index (χ0v) is 17.6. The van der Waals surface area contributed by atoms with E-state index in [1.54, 1.807) is 30.3 Å². The molecule has 0 bridgehead atoms. The van der Waals surface area contributed by atoms with E-state index in [-0.39, 0.29) is 24.5 Å². The van der Waals surface area contributed by atoms with Gasteiger partial charge in [-0.1, -0.05) is 40.2 Å². The molecule has 0 saturated heterocycles. The van der Waals surface area contributed by atoms with E-state index in [9.17, 15) is 14.4 Å². The van der Waals surface area contributed by atoms with Crippen molar-refractivity contribution in [2.24, 2.45) is 5.10 Å². The number of hydrazone groups is 1. The number of nitrogens with one attached hydrogen (secondary N) is 1. The molecule has 1 aliphatic heterocycles. The second-order valence-electron chi connectivity index (χ2n) is 6.57. The molecule has 2 amide bonds. The summed E-state index contributed by atoms with van der Waals surface area (Å²) in [5.41, 5.74) is 2.33. The van der Waals surface area contributed by atoms with Crippen molar-refractivity contribution in [3.63, 3.8) is 0 Å². The van der Waals surface area contributed by atoms with Gasteiger partial charge in [-0.3, -0.25) is 9.59 Å². The first-order chi connectivity index (χ1) is 13.9. The van der Waals surface area contributed by atoms with Crippen molar-refractivity contribution in [1.82, 2.24) is 5.32 Å². The summed E-state index contributed by atoms with van der Waals surface area (Å²) in [7, 11) is 1.26. The molecule has 1 heterocycles. The number of halogens is 1. The van der Waals surface area contributed by atoms with Crippen LogP contribution in [-0.4, -0.2) is 30.6 Å². The maximum Gasteiger partial charge on any atom is 0.333 e. The third-order valence-corrected chi connectivity index (χ3v) is 4.99. The molecule has 0 fully saturated rings. The largest absolute Gasteiger partial charge is 0.467 e. The highest BCUT2D eigenvalue weighted by molar-refractivity contribution is 9.10. The van der Waals surface area contributed by atoms with E-state index in [0.29, 0.717) is 11.3 Å². The first kappa shape index (κ1) is 20.7. The van der Waals surface area contributed by atoms with E-state index in [4.69, 9.17) is 4.74 Å². The van der Waals surface area contributed by atoms with E-state index >= 15 is 0 Å². The van der Waals surface area contributed by atoms with Crippen LogP contribution in [0, 0.1) is 6.92 Å². The average Bonchev–Trinajstić information content (AvgIpc) is 2.72. The zero-order valence-electron chi connectivity index (χ0n) is 16.0. The van der Waals surface area contributed by atoms with Gasteiger partial charge in [-0.05, 0) is 42.3 Å². The fraction of sp³-hybridized carbons (Fsp3) is 0.238. The van der Waals surface area contributed by atoms with Crippen LogP contribution in [0.25, 0.3) is 0 Å². The Kier molecular flexibility index (Phi) is 6.43. The molecule has 29 heavy (non-hydrogen) atoms. The number of hydrogen-bond acceptors (Lipinski definition) is 5. The Morgan fingerprint density at radius 3 is 2.55 bits per heavy atom. The van der Waals surface area contributed by atoms with Crippen LogP contribution < -0.4 is 10.3 Å². The predicted molar refractivity (Wildman–Crippen MR) is 112 cm³/mol. The van der Waals surface area contributed by atoms with E-state index in [1.165, 1.54) is 12.1 Å². The van der Waals surface area contributed by atoms with Crippen LogP contribution in [0.4, 0.5) is 5.69 Å². The van der Waals surface area contributed by atoms with Crippen molar-refractivity contribution >= 4 is 45.1 Å². The highest BCUT2D eigenvalue weighted by Gasteiger charge is 2.29. The molecular weight excluding hydrogens is 438 g/mol. The number of benzene rings is 2. The molecule has 2 aromatic rings. The number of esters is 1. The number of carbonyl (C=O) groups is 3. The van der Waals surface area contributed by atoms with E-state index in [0.717, 1.165) is 10.0 Å². The van der Waals surface area contributed by atoms with Crippen molar-refractivity contribution in [2.45, 2.75) is 25.8 Å². The molecule has 0 spiro atoms. The minimum Gasteiger partial charge on any atom is -0.467 e. The van der Waals surface area contributed by atoms with Crippen molar-refractivity contribution in [1.29, 1.82) is 0 Å². The van der Waals surface area contributed by atoms with Crippen molar-refractivity contribution in [3.8, 4) is 0 Å². The molecule has 150 valence electrons. The molecule has 8 heteroatoms. The molecule has 0 aromatic heterocycles. The number of carbonyl (C=O) groups excluding carboxylic acids is 3. The van der Waals surface area contributed by atoms with Gasteiger partial charge < -0.3 is 10.1 Å². The van der Waals surface area contributed by atoms with Gasteiger partial charge in [0, 0.05) is 17.3 Å². The minimum atomic E-state index is -0.978. The predicted octanol–water partition coefficient (Wildman–Crippen LogP) is 3.27. The fourth-order valence-electron chi connectivity index (χ4n) is 2.94. The number of nitrogens with zero attached hydrogens (tertiary/aromatic N) is 2. The van der Waals surface area contributed by atoms with Crippen LogP contribution in [0.2, 0.25) is 0 Å². The number of aryl methyl sites for hydroxylation is 1. The fourth-order valence-corrected chi connectivity index (χ4v) is 3.21. The molecule has 7 nitrogen and oxygen atoms in total. The molecule has 0 radical (unpaired) electrons. The smallest absolute Gasteiger partial charge is 0.333 e. The van der Waals surface area contributed by atoms with Gasteiger partial charge in [0.1, 0.15) is 5.71 Å². The average molecular weight is 458 g/mol. The lowest BCUT2D eigenvalue weighted by molar-refractivity contribution is -0.144. The van der Waals surface area contributed by atoms with Gasteiger partial charge >= 0.3 is 5.97 Å². The van der Waals surface area contributed by atoms with Crippen molar-refractivity contribution < 1.29 is 19.1 Å². The van der Waals surface area contributed by atoms with Gasteiger partial charge in [0.15, 0.2) is 6.04 Å². The summed E-state index contributed by atoms with van der Waals surface area (Å²) in [6.45, 7) is 1.91. The van der Waals surface area contributed by atoms with Gasteiger partial charge in [0.05, 0.1) is 12.8 Å². The summed E-state index contributed by atoms with van der Waals surface area (Å²) < 4.78 is 5.68. The van der Waals surface area contributed by atoms with Gasteiger partial charge in [-0.15, -0.1) is 0 Å². The van der Waals surface area contributed by atoms with Crippen molar-refractivity contribution in [2.75, 3.05) is 12.1 Å². The van der Waals surface area contributed by atoms with Crippen molar-refractivity contribution in [3.05, 3.63) is 64.1 Å². The van der Waals surface area contributed by atoms with Gasteiger partial charge in [0.2, 0.25) is 5.91 Å². The lowest BCUT2D eigenvalue weighted by Gasteiger charge is -2.24. The summed E-state index contributed by atoms with van der Waals surface area (Å²) in [5, 5.41) is 8.16. The highest BCUT2D eigenvalue weighted by Crippen LogP contribution is 2.22. The normalized spacial score (nSPS) is 14.8. The SMILES string of the molecule is COC(=O)C(NC(=O)C1=NN(c2cccc(C)c2)C(=O)CC1)c1ccc(Br)cc1. The Labute approximate surface area is 176 Å². The van der Waals surface area contributed by atoms with Crippen LogP contribution in [0.3, 0.4) is 0 Å². The number of methoxy groups -OCH3 is 1. The number of ether oxygens (including phenoxy) is 1. The van der Waals surface area contributed by atoms with Crippen LogP contribution in [-0.2, 0) is 19.1 Å². The number of hydrogen-bond donors (Lipinski definition) is 1. The number of anilines is 1. The Hall–Kier alpha value is -3.00. The molecule has 0 saturated carbocycles. The molecule has 1 aliphatic rings. The zero-order chi connectivity index (χ0) is 21.0. The monoisotopic (exact) mass is 457 g/mol. The summed E-state index contributed by atoms with van der Waals surface area (Å²) >= 11 is 3.34. The van der Waals surface area contributed by atoms with E-state index in [2.05, 4.69) is 26.3 Å². The molecule has 2 aromatic carbocycles. The third-order valence-electron chi connectivity index (χ3n) is 4.46. The second-order valence-corrected chi connectivity index (χ2v) is 7.49. The quantitative estimate of drug-likeness (QED) is 0.697. The molecule has 0 aliphatic carbocycles. The number of rotatable bonds is 5. The summed E-state index contributed by atoms with van der Waals surface area (Å²) in [5.74, 6) is -1.30. The summed E-state index contributed by atoms with van der Waals surface area (Å²) in [6.07, 6.45) is 0.350. The van der Waals surface area contributed by atoms with Gasteiger partial charge in [0.25, 0.3) is 5.91 Å². The summed E-state index contributed by atoms with van der Waals surface area (Å²) in [4.78, 5) is 37.4.